The Morgan fingerprint density at radius 3 is 2.74 bits per heavy atom. The van der Waals surface area contributed by atoms with Gasteiger partial charge in [0.25, 0.3) is 0 Å². The van der Waals surface area contributed by atoms with E-state index >= 15 is 0 Å². The van der Waals surface area contributed by atoms with E-state index in [0.29, 0.717) is 18.0 Å². The van der Waals surface area contributed by atoms with Crippen LogP contribution in [0.15, 0.2) is 18.2 Å². The molecule has 0 aromatic heterocycles. The predicted molar refractivity (Wildman–Crippen MR) is 67.7 cm³/mol. The lowest BCUT2D eigenvalue weighted by Gasteiger charge is -2.29. The van der Waals surface area contributed by atoms with Crippen molar-refractivity contribution < 1.29 is 24.1 Å². The van der Waals surface area contributed by atoms with E-state index in [2.05, 4.69) is 5.32 Å². The third kappa shape index (κ3) is 2.97. The van der Waals surface area contributed by atoms with Gasteiger partial charge in [0.15, 0.2) is 0 Å². The van der Waals surface area contributed by atoms with Gasteiger partial charge in [-0.25, -0.2) is 0 Å². The Hall–Kier alpha value is -1.79. The number of carbonyl (C=O) groups is 1. The molecule has 1 aromatic rings. The Labute approximate surface area is 111 Å². The zero-order valence-electron chi connectivity index (χ0n) is 10.9. The van der Waals surface area contributed by atoms with E-state index in [-0.39, 0.29) is 12.7 Å². The summed E-state index contributed by atoms with van der Waals surface area (Å²) in [5, 5.41) is 11.8. The molecule has 1 fully saturated rings. The molecular formula is C13H17NO5. The second-order valence-electron chi connectivity index (χ2n) is 4.23. The van der Waals surface area contributed by atoms with Gasteiger partial charge in [-0.2, -0.15) is 0 Å². The molecule has 0 saturated carbocycles. The maximum Gasteiger partial charge on any atom is 0.323 e. The van der Waals surface area contributed by atoms with Crippen molar-refractivity contribution in [3.8, 4) is 11.5 Å². The van der Waals surface area contributed by atoms with Crippen LogP contribution in [0.1, 0.15) is 11.7 Å². The van der Waals surface area contributed by atoms with Crippen LogP contribution in [0.2, 0.25) is 0 Å². The molecule has 1 aliphatic rings. The molecule has 1 saturated heterocycles. The van der Waals surface area contributed by atoms with E-state index in [0.717, 1.165) is 5.56 Å². The van der Waals surface area contributed by atoms with E-state index in [1.807, 2.05) is 12.1 Å². The highest BCUT2D eigenvalue weighted by Crippen LogP contribution is 2.32. The second kappa shape index (κ2) is 5.90. The van der Waals surface area contributed by atoms with Gasteiger partial charge in [0.05, 0.1) is 26.9 Å². The molecule has 6 heteroatoms. The fraction of sp³-hybridized carbons (Fsp3) is 0.462. The molecule has 104 valence electrons. The molecule has 1 heterocycles. The number of methoxy groups -OCH3 is 2. The molecule has 0 aliphatic carbocycles. The first-order chi connectivity index (χ1) is 9.15. The first-order valence-corrected chi connectivity index (χ1v) is 5.95. The summed E-state index contributed by atoms with van der Waals surface area (Å²) in [6.45, 7) is 0.564. The van der Waals surface area contributed by atoms with Crippen molar-refractivity contribution in [2.75, 3.05) is 27.4 Å². The van der Waals surface area contributed by atoms with Crippen molar-refractivity contribution in [2.45, 2.75) is 12.1 Å². The number of morpholine rings is 1. The van der Waals surface area contributed by atoms with Crippen LogP contribution in [0.25, 0.3) is 0 Å². The Balaban J connectivity index is 2.12. The Morgan fingerprint density at radius 1 is 1.42 bits per heavy atom. The van der Waals surface area contributed by atoms with Crippen LogP contribution in [-0.2, 0) is 9.53 Å². The molecule has 2 rings (SSSR count). The van der Waals surface area contributed by atoms with Crippen LogP contribution < -0.4 is 14.8 Å². The Morgan fingerprint density at radius 2 is 2.21 bits per heavy atom. The highest BCUT2D eigenvalue weighted by atomic mass is 16.5. The Kier molecular flexibility index (Phi) is 4.24. The minimum Gasteiger partial charge on any atom is -0.497 e. The van der Waals surface area contributed by atoms with E-state index in [9.17, 15) is 4.79 Å². The van der Waals surface area contributed by atoms with Crippen molar-refractivity contribution in [1.82, 2.24) is 5.32 Å². The Bertz CT molecular complexity index is 454. The second-order valence-corrected chi connectivity index (χ2v) is 4.23. The molecule has 2 atom stereocenters. The molecule has 2 unspecified atom stereocenters. The minimum absolute atomic E-state index is 0.134. The SMILES string of the molecule is COc1ccc(C2CNC(C(=O)O)CO2)c(OC)c1. The molecule has 0 radical (unpaired) electrons. The van der Waals surface area contributed by atoms with Crippen molar-refractivity contribution in [3.63, 3.8) is 0 Å². The van der Waals surface area contributed by atoms with Gasteiger partial charge < -0.3 is 19.3 Å². The molecule has 2 N–H and O–H groups in total. The van der Waals surface area contributed by atoms with Crippen molar-refractivity contribution in [2.24, 2.45) is 0 Å². The monoisotopic (exact) mass is 267 g/mol. The standard InChI is InChI=1S/C13H17NO5/c1-17-8-3-4-9(11(5-8)18-2)12-6-14-10(7-19-12)13(15)16/h3-5,10,12,14H,6-7H2,1-2H3,(H,15,16). The van der Waals surface area contributed by atoms with E-state index in [1.54, 1.807) is 20.3 Å². The average Bonchev–Trinajstić information content (AvgIpc) is 2.46. The van der Waals surface area contributed by atoms with Gasteiger partial charge in [0.2, 0.25) is 0 Å². The number of nitrogens with one attached hydrogen (secondary N) is 1. The molecule has 19 heavy (non-hydrogen) atoms. The van der Waals surface area contributed by atoms with Crippen LogP contribution in [0.4, 0.5) is 0 Å². The molecule has 1 aromatic carbocycles. The summed E-state index contributed by atoms with van der Waals surface area (Å²) in [6.07, 6.45) is -0.226. The van der Waals surface area contributed by atoms with Gasteiger partial charge in [-0.1, -0.05) is 0 Å². The van der Waals surface area contributed by atoms with E-state index in [1.165, 1.54) is 0 Å². The van der Waals surface area contributed by atoms with Crippen molar-refractivity contribution in [1.29, 1.82) is 0 Å². The van der Waals surface area contributed by atoms with Gasteiger partial charge in [-0.05, 0) is 12.1 Å². The summed E-state index contributed by atoms with van der Waals surface area (Å²) in [7, 11) is 3.17. The molecule has 1 aliphatic heterocycles. The summed E-state index contributed by atoms with van der Waals surface area (Å²) in [4.78, 5) is 10.8. The quantitative estimate of drug-likeness (QED) is 0.841. The van der Waals surface area contributed by atoms with Crippen molar-refractivity contribution in [3.05, 3.63) is 23.8 Å². The van der Waals surface area contributed by atoms with Crippen LogP contribution in [0, 0.1) is 0 Å². The topological polar surface area (TPSA) is 77.0 Å². The van der Waals surface area contributed by atoms with Crippen LogP contribution in [0.3, 0.4) is 0 Å². The minimum atomic E-state index is -0.903. The molecule has 0 spiro atoms. The number of hydrogen-bond acceptors (Lipinski definition) is 5. The third-order valence-electron chi connectivity index (χ3n) is 3.10. The molecular weight excluding hydrogens is 250 g/mol. The van der Waals surface area contributed by atoms with Crippen LogP contribution in [-0.4, -0.2) is 44.5 Å². The van der Waals surface area contributed by atoms with Crippen LogP contribution in [0.5, 0.6) is 11.5 Å². The van der Waals surface area contributed by atoms with Gasteiger partial charge in [0, 0.05) is 18.2 Å². The van der Waals surface area contributed by atoms with Crippen LogP contribution >= 0.6 is 0 Å². The molecule has 6 nitrogen and oxygen atoms in total. The largest absolute Gasteiger partial charge is 0.497 e. The third-order valence-corrected chi connectivity index (χ3v) is 3.10. The number of benzene rings is 1. The summed E-state index contributed by atoms with van der Waals surface area (Å²) in [5.41, 5.74) is 0.875. The van der Waals surface area contributed by atoms with E-state index in [4.69, 9.17) is 19.3 Å². The van der Waals surface area contributed by atoms with E-state index < -0.39 is 12.0 Å². The van der Waals surface area contributed by atoms with Gasteiger partial charge in [-0.3, -0.25) is 10.1 Å². The summed E-state index contributed by atoms with van der Waals surface area (Å²) < 4.78 is 16.0. The highest BCUT2D eigenvalue weighted by Gasteiger charge is 2.28. The fourth-order valence-electron chi connectivity index (χ4n) is 2.02. The summed E-state index contributed by atoms with van der Waals surface area (Å²) in [5.74, 6) is 0.466. The number of carboxylic acid groups (broad SMARTS) is 1. The molecule has 0 bridgehead atoms. The summed E-state index contributed by atoms with van der Waals surface area (Å²) >= 11 is 0. The number of hydrogen-bond donors (Lipinski definition) is 2. The van der Waals surface area contributed by atoms with Gasteiger partial charge in [0.1, 0.15) is 17.5 Å². The van der Waals surface area contributed by atoms with Gasteiger partial charge in [-0.15, -0.1) is 0 Å². The first-order valence-electron chi connectivity index (χ1n) is 5.95. The number of carboxylic acids is 1. The van der Waals surface area contributed by atoms with Crippen molar-refractivity contribution >= 4 is 5.97 Å². The zero-order valence-corrected chi connectivity index (χ0v) is 10.9. The fourth-order valence-corrected chi connectivity index (χ4v) is 2.02. The maximum atomic E-state index is 10.8. The molecule has 0 amide bonds. The lowest BCUT2D eigenvalue weighted by atomic mass is 10.1. The normalized spacial score (nSPS) is 22.8. The highest BCUT2D eigenvalue weighted by molar-refractivity contribution is 5.73. The number of aliphatic carboxylic acids is 1. The maximum absolute atomic E-state index is 10.8. The van der Waals surface area contributed by atoms with Gasteiger partial charge >= 0.3 is 5.97 Å². The number of rotatable bonds is 4. The lowest BCUT2D eigenvalue weighted by Crippen LogP contribution is -2.47. The lowest BCUT2D eigenvalue weighted by molar-refractivity contribution is -0.144. The summed E-state index contributed by atoms with van der Waals surface area (Å²) in [6, 6.07) is 4.82. The average molecular weight is 267 g/mol. The first kappa shape index (κ1) is 13.6. The predicted octanol–water partition coefficient (Wildman–Crippen LogP) is 0.818. The number of ether oxygens (including phenoxy) is 3. The smallest absolute Gasteiger partial charge is 0.323 e. The zero-order chi connectivity index (χ0) is 13.8.